The van der Waals surface area contributed by atoms with Crippen LogP contribution in [0.4, 0.5) is 11.6 Å². The number of nitrogens with zero attached hydrogens (tertiary/aromatic N) is 4. The standard InChI is InChI=1S/C30H29N5O3S/c1-21-18-25(5-3-4-23-13-16-35(17-14-23)39(36,37)27-10-11-27)19-22(2)29(21)38-28-12-15-32-30(34-28)33-26-8-6-24(20-31)7-9-26/h4,6-9,12,15,18-19,27H,10-11,13-14,16-17H2,1-2H3,(H,32,33,34). The number of aryl methyl sites for hydroxylation is 2. The van der Waals surface area contributed by atoms with Crippen molar-refractivity contribution in [3.8, 4) is 29.5 Å². The number of nitriles is 1. The van der Waals surface area contributed by atoms with Gasteiger partial charge in [-0.25, -0.2) is 17.7 Å². The fourth-order valence-electron chi connectivity index (χ4n) is 4.47. The molecule has 2 aliphatic rings. The summed E-state index contributed by atoms with van der Waals surface area (Å²) in [5.74, 6) is 7.87. The van der Waals surface area contributed by atoms with E-state index in [0.29, 0.717) is 36.2 Å². The zero-order valence-corrected chi connectivity index (χ0v) is 22.8. The van der Waals surface area contributed by atoms with Gasteiger partial charge in [0.25, 0.3) is 0 Å². The molecule has 1 aliphatic heterocycles. The lowest BCUT2D eigenvalue weighted by Gasteiger charge is -2.27. The van der Waals surface area contributed by atoms with E-state index in [-0.39, 0.29) is 5.25 Å². The Kier molecular flexibility index (Phi) is 7.65. The van der Waals surface area contributed by atoms with Crippen molar-refractivity contribution >= 4 is 21.7 Å². The van der Waals surface area contributed by atoms with Crippen LogP contribution in [0.15, 0.2) is 60.3 Å². The Morgan fingerprint density at radius 2 is 1.74 bits per heavy atom. The van der Waals surface area contributed by atoms with E-state index in [1.54, 1.807) is 40.8 Å². The fourth-order valence-corrected chi connectivity index (χ4v) is 6.32. The molecule has 1 N–H and O–H groups in total. The SMILES string of the molecule is Cc1cc(C#CC=C2CCN(S(=O)(=O)C3CC3)CC2)cc(C)c1Oc1ccnc(Nc2ccc(C#N)cc2)n1. The summed E-state index contributed by atoms with van der Waals surface area (Å²) >= 11 is 0. The van der Waals surface area contributed by atoms with E-state index in [9.17, 15) is 8.42 Å². The first-order chi connectivity index (χ1) is 18.8. The van der Waals surface area contributed by atoms with Gasteiger partial charge in [-0.15, -0.1) is 0 Å². The number of hydrogen-bond donors (Lipinski definition) is 1. The first-order valence-electron chi connectivity index (χ1n) is 12.9. The Morgan fingerprint density at radius 1 is 1.05 bits per heavy atom. The molecule has 2 heterocycles. The molecule has 5 rings (SSSR count). The molecule has 1 saturated heterocycles. The van der Waals surface area contributed by atoms with Gasteiger partial charge in [0.15, 0.2) is 0 Å². The monoisotopic (exact) mass is 539 g/mol. The second kappa shape index (κ2) is 11.3. The van der Waals surface area contributed by atoms with E-state index in [0.717, 1.165) is 48.1 Å². The molecule has 2 fully saturated rings. The molecule has 0 radical (unpaired) electrons. The molecule has 0 bridgehead atoms. The minimum atomic E-state index is -3.09. The second-order valence-corrected chi connectivity index (χ2v) is 12.0. The van der Waals surface area contributed by atoms with E-state index < -0.39 is 10.0 Å². The predicted molar refractivity (Wildman–Crippen MR) is 150 cm³/mol. The summed E-state index contributed by atoms with van der Waals surface area (Å²) in [6.45, 7) is 5.03. The molecule has 1 saturated carbocycles. The highest BCUT2D eigenvalue weighted by atomic mass is 32.2. The van der Waals surface area contributed by atoms with Gasteiger partial charge in [0, 0.05) is 36.6 Å². The summed E-state index contributed by atoms with van der Waals surface area (Å²) in [7, 11) is -3.09. The Balaban J connectivity index is 1.22. The van der Waals surface area contributed by atoms with Crippen LogP contribution in [0.5, 0.6) is 11.6 Å². The van der Waals surface area contributed by atoms with Crippen molar-refractivity contribution in [1.29, 1.82) is 5.26 Å². The van der Waals surface area contributed by atoms with Crippen LogP contribution in [-0.4, -0.2) is 41.0 Å². The van der Waals surface area contributed by atoms with Gasteiger partial charge in [-0.05, 0) is 93.1 Å². The second-order valence-electron chi connectivity index (χ2n) is 9.79. The van der Waals surface area contributed by atoms with Crippen molar-refractivity contribution in [2.45, 2.75) is 44.8 Å². The Hall–Kier alpha value is -4.18. The van der Waals surface area contributed by atoms with Crippen LogP contribution < -0.4 is 10.1 Å². The summed E-state index contributed by atoms with van der Waals surface area (Å²) in [6, 6.07) is 14.8. The zero-order valence-electron chi connectivity index (χ0n) is 21.9. The number of benzene rings is 2. The molecule has 0 atom stereocenters. The molecular weight excluding hydrogens is 510 g/mol. The number of allylic oxidation sites excluding steroid dienone is 1. The van der Waals surface area contributed by atoms with Crippen LogP contribution in [0.25, 0.3) is 0 Å². The molecule has 39 heavy (non-hydrogen) atoms. The molecule has 1 aromatic heterocycles. The fraction of sp³-hybridized carbons (Fsp3) is 0.300. The van der Waals surface area contributed by atoms with Crippen LogP contribution in [-0.2, 0) is 10.0 Å². The van der Waals surface area contributed by atoms with Gasteiger partial charge < -0.3 is 10.1 Å². The van der Waals surface area contributed by atoms with Crippen molar-refractivity contribution in [1.82, 2.24) is 14.3 Å². The number of aromatic nitrogens is 2. The van der Waals surface area contributed by atoms with Gasteiger partial charge in [0.2, 0.25) is 21.9 Å². The maximum absolute atomic E-state index is 12.4. The van der Waals surface area contributed by atoms with Gasteiger partial charge >= 0.3 is 0 Å². The lowest BCUT2D eigenvalue weighted by molar-refractivity contribution is 0.386. The third-order valence-corrected chi connectivity index (χ3v) is 9.13. The summed E-state index contributed by atoms with van der Waals surface area (Å²) < 4.78 is 32.6. The third-order valence-electron chi connectivity index (χ3n) is 6.73. The van der Waals surface area contributed by atoms with Gasteiger partial charge in [0.05, 0.1) is 16.9 Å². The number of piperidine rings is 1. The van der Waals surface area contributed by atoms with Crippen LogP contribution in [0.3, 0.4) is 0 Å². The number of sulfonamides is 1. The van der Waals surface area contributed by atoms with Crippen LogP contribution in [0, 0.1) is 37.0 Å². The molecule has 1 aliphatic carbocycles. The summed E-state index contributed by atoms with van der Waals surface area (Å²) in [5.41, 5.74) is 5.29. The minimum Gasteiger partial charge on any atom is -0.438 e. The molecule has 9 heteroatoms. The third kappa shape index (κ3) is 6.46. The normalized spacial score (nSPS) is 15.6. The van der Waals surface area contributed by atoms with Crippen molar-refractivity contribution in [3.05, 3.63) is 82.6 Å². The average Bonchev–Trinajstić information content (AvgIpc) is 3.78. The molecule has 3 aromatic rings. The highest BCUT2D eigenvalue weighted by Gasteiger charge is 2.40. The molecule has 0 unspecified atom stereocenters. The number of anilines is 2. The van der Waals surface area contributed by atoms with Crippen LogP contribution in [0.1, 0.15) is 47.9 Å². The molecule has 8 nitrogen and oxygen atoms in total. The molecule has 2 aromatic carbocycles. The molecular formula is C30H29N5O3S. The number of ether oxygens (including phenoxy) is 1. The lowest BCUT2D eigenvalue weighted by atomic mass is 10.0. The van der Waals surface area contributed by atoms with Gasteiger partial charge in [0.1, 0.15) is 5.75 Å². The van der Waals surface area contributed by atoms with Gasteiger partial charge in [-0.3, -0.25) is 0 Å². The van der Waals surface area contributed by atoms with Gasteiger partial charge in [-0.2, -0.15) is 10.2 Å². The largest absolute Gasteiger partial charge is 0.438 e. The van der Waals surface area contributed by atoms with Crippen molar-refractivity contribution in [3.63, 3.8) is 0 Å². The minimum absolute atomic E-state index is 0.150. The quantitative estimate of drug-likeness (QED) is 0.420. The molecule has 0 amide bonds. The number of hydrogen-bond acceptors (Lipinski definition) is 7. The van der Waals surface area contributed by atoms with Crippen LogP contribution in [0.2, 0.25) is 0 Å². The van der Waals surface area contributed by atoms with E-state index in [1.165, 1.54) is 5.57 Å². The molecule has 0 spiro atoms. The Morgan fingerprint density at radius 3 is 2.38 bits per heavy atom. The summed E-state index contributed by atoms with van der Waals surface area (Å²) in [5, 5.41) is 11.9. The van der Waals surface area contributed by atoms with E-state index >= 15 is 0 Å². The van der Waals surface area contributed by atoms with E-state index in [4.69, 9.17) is 10.00 Å². The summed E-state index contributed by atoms with van der Waals surface area (Å²) in [6.07, 6.45) is 6.61. The van der Waals surface area contributed by atoms with Gasteiger partial charge in [-0.1, -0.05) is 17.4 Å². The Labute approximate surface area is 229 Å². The molecule has 198 valence electrons. The highest BCUT2D eigenvalue weighted by Crippen LogP contribution is 2.33. The average molecular weight is 540 g/mol. The maximum atomic E-state index is 12.4. The lowest BCUT2D eigenvalue weighted by Crippen LogP contribution is -2.38. The number of nitrogens with one attached hydrogen (secondary N) is 1. The van der Waals surface area contributed by atoms with Crippen LogP contribution >= 0.6 is 0 Å². The van der Waals surface area contributed by atoms with Crippen molar-refractivity contribution < 1.29 is 13.2 Å². The topological polar surface area (TPSA) is 108 Å². The summed E-state index contributed by atoms with van der Waals surface area (Å²) in [4.78, 5) is 8.71. The highest BCUT2D eigenvalue weighted by molar-refractivity contribution is 7.90. The first-order valence-corrected chi connectivity index (χ1v) is 14.4. The smallest absolute Gasteiger partial charge is 0.230 e. The van der Waals surface area contributed by atoms with Crippen molar-refractivity contribution in [2.75, 3.05) is 18.4 Å². The van der Waals surface area contributed by atoms with E-state index in [1.807, 2.05) is 32.1 Å². The first kappa shape index (κ1) is 26.4. The predicted octanol–water partition coefficient (Wildman–Crippen LogP) is 5.37. The maximum Gasteiger partial charge on any atom is 0.230 e. The van der Waals surface area contributed by atoms with E-state index in [2.05, 4.69) is 33.2 Å². The zero-order chi connectivity index (χ0) is 27.4. The Bertz CT molecular complexity index is 1590. The van der Waals surface area contributed by atoms with Crippen molar-refractivity contribution in [2.24, 2.45) is 0 Å². The number of rotatable bonds is 6.